The first-order valence-corrected chi connectivity index (χ1v) is 12.4. The van der Waals surface area contributed by atoms with Crippen molar-refractivity contribution in [2.24, 2.45) is 5.92 Å². The smallest absolute Gasteiger partial charge is 0.387 e. The molecule has 1 fully saturated rings. The molecule has 1 atom stereocenters. The van der Waals surface area contributed by atoms with Gasteiger partial charge in [0, 0.05) is 24.9 Å². The molecule has 1 aliphatic rings. The van der Waals surface area contributed by atoms with Crippen LogP contribution < -0.4 is 14.2 Å². The van der Waals surface area contributed by atoms with Crippen molar-refractivity contribution in [1.82, 2.24) is 4.98 Å². The summed E-state index contributed by atoms with van der Waals surface area (Å²) in [6, 6.07) is 7.81. The predicted molar refractivity (Wildman–Crippen MR) is 137 cm³/mol. The lowest BCUT2D eigenvalue weighted by Gasteiger charge is -2.21. The summed E-state index contributed by atoms with van der Waals surface area (Å²) in [7, 11) is 1.27. The zero-order valence-corrected chi connectivity index (χ0v) is 22.0. The molecule has 1 unspecified atom stereocenters. The van der Waals surface area contributed by atoms with E-state index in [4.69, 9.17) is 37.4 Å². The van der Waals surface area contributed by atoms with Gasteiger partial charge in [0.05, 0.1) is 34.2 Å². The van der Waals surface area contributed by atoms with E-state index in [9.17, 15) is 23.7 Å². The number of hydrogen-bond acceptors (Lipinski definition) is 8. The van der Waals surface area contributed by atoms with Gasteiger partial charge in [0.1, 0.15) is 6.10 Å². The van der Waals surface area contributed by atoms with Gasteiger partial charge >= 0.3 is 18.3 Å². The molecule has 13 heteroatoms. The van der Waals surface area contributed by atoms with Crippen molar-refractivity contribution in [2.75, 3.05) is 13.7 Å². The molecule has 1 aliphatic carbocycles. The van der Waals surface area contributed by atoms with Crippen LogP contribution in [0.15, 0.2) is 48.8 Å². The number of esters is 1. The van der Waals surface area contributed by atoms with E-state index >= 15 is 0 Å². The number of aromatic nitrogens is 1. The summed E-state index contributed by atoms with van der Waals surface area (Å²) in [5.41, 5.74) is 0.248. The summed E-state index contributed by atoms with van der Waals surface area (Å²) in [5, 5.41) is 11.9. The Kier molecular flexibility index (Phi) is 9.03. The molecule has 1 heterocycles. The lowest BCUT2D eigenvalue weighted by atomic mass is 10.0. The number of pyridine rings is 1. The molecule has 3 aromatic rings. The fourth-order valence-corrected chi connectivity index (χ4v) is 4.25. The second-order valence-electron chi connectivity index (χ2n) is 8.66. The highest BCUT2D eigenvalue weighted by atomic mass is 35.5. The highest BCUT2D eigenvalue weighted by Crippen LogP contribution is 2.38. The van der Waals surface area contributed by atoms with Gasteiger partial charge < -0.3 is 18.9 Å². The number of ether oxygens (including phenoxy) is 4. The molecule has 2 aromatic carbocycles. The van der Waals surface area contributed by atoms with Crippen molar-refractivity contribution >= 4 is 34.9 Å². The molecular formula is C26H22Cl2F2N2O7. The number of hydrogen-bond donors (Lipinski definition) is 0. The number of alkyl halides is 2. The topological polar surface area (TPSA) is 110 Å². The third-order valence-electron chi connectivity index (χ3n) is 5.93. The average molecular weight is 583 g/mol. The average Bonchev–Trinajstić information content (AvgIpc) is 3.73. The van der Waals surface area contributed by atoms with Gasteiger partial charge in [0.2, 0.25) is 0 Å². The lowest BCUT2D eigenvalue weighted by Crippen LogP contribution is -2.15. The number of halogens is 4. The van der Waals surface area contributed by atoms with Crippen molar-refractivity contribution in [2.45, 2.75) is 32.0 Å². The van der Waals surface area contributed by atoms with Gasteiger partial charge in [-0.2, -0.15) is 8.78 Å². The van der Waals surface area contributed by atoms with E-state index in [0.717, 1.165) is 18.9 Å². The summed E-state index contributed by atoms with van der Waals surface area (Å²) in [6.45, 7) is -2.77. The van der Waals surface area contributed by atoms with Gasteiger partial charge in [-0.25, -0.2) is 4.79 Å². The van der Waals surface area contributed by atoms with Crippen LogP contribution in [0.1, 0.15) is 40.4 Å². The first kappa shape index (κ1) is 28.3. The summed E-state index contributed by atoms with van der Waals surface area (Å²) in [6.07, 6.45) is 3.60. The van der Waals surface area contributed by atoms with Crippen LogP contribution in [-0.2, 0) is 11.2 Å². The van der Waals surface area contributed by atoms with Gasteiger partial charge in [-0.05, 0) is 54.2 Å². The number of nitro benzene ring substituents is 1. The Hall–Kier alpha value is -3.70. The molecular weight excluding hydrogens is 561 g/mol. The highest BCUT2D eigenvalue weighted by molar-refractivity contribution is 6.35. The minimum atomic E-state index is -3.08. The summed E-state index contributed by atoms with van der Waals surface area (Å²) < 4.78 is 47.1. The molecule has 0 spiro atoms. The quantitative estimate of drug-likeness (QED) is 0.130. The van der Waals surface area contributed by atoms with Crippen LogP contribution in [0.3, 0.4) is 0 Å². The predicted octanol–water partition coefficient (Wildman–Crippen LogP) is 6.84. The largest absolute Gasteiger partial charge is 0.490 e. The van der Waals surface area contributed by atoms with E-state index in [1.54, 1.807) is 0 Å². The minimum Gasteiger partial charge on any atom is -0.490 e. The lowest BCUT2D eigenvalue weighted by molar-refractivity contribution is -0.385. The Morgan fingerprint density at radius 3 is 2.41 bits per heavy atom. The molecule has 1 saturated carbocycles. The normalized spacial score (nSPS) is 13.6. The first-order chi connectivity index (χ1) is 18.7. The number of nitrogens with zero attached hydrogens (tertiary/aromatic N) is 2. The molecule has 1 aromatic heterocycles. The van der Waals surface area contributed by atoms with Gasteiger partial charge in [0.15, 0.2) is 17.2 Å². The van der Waals surface area contributed by atoms with Crippen LogP contribution in [0.25, 0.3) is 0 Å². The zero-order chi connectivity index (χ0) is 28.1. The molecule has 0 amide bonds. The third kappa shape index (κ3) is 7.24. The SMILES string of the molecule is COc1ccc(C(=O)OC(Cc2c(Cl)cncc2Cl)c2ccc(OC(F)F)c(OCC3CC3)c2)cc1[N+](=O)[O-]. The van der Waals surface area contributed by atoms with Crippen LogP contribution in [0.2, 0.25) is 10.0 Å². The number of methoxy groups -OCH3 is 1. The van der Waals surface area contributed by atoms with Crippen molar-refractivity contribution < 1.29 is 37.4 Å². The Balaban J connectivity index is 1.70. The van der Waals surface area contributed by atoms with Crippen LogP contribution >= 0.6 is 23.2 Å². The van der Waals surface area contributed by atoms with Crippen molar-refractivity contribution in [3.05, 3.63) is 85.6 Å². The second-order valence-corrected chi connectivity index (χ2v) is 9.48. The standard InChI is InChI=1S/C26H22Cl2F2N2O7/c1-36-21-6-5-16(8-20(21)32(34)35)25(33)38-23(10-17-18(27)11-31-12-19(17)28)15-4-7-22(39-26(29)30)24(9-15)37-13-14-2-3-14/h4-9,11-12,14,23,26H,2-3,10,13H2,1H3. The van der Waals surface area contributed by atoms with Gasteiger partial charge in [-0.15, -0.1) is 0 Å². The van der Waals surface area contributed by atoms with Crippen LogP contribution in [0.4, 0.5) is 14.5 Å². The molecule has 0 radical (unpaired) electrons. The zero-order valence-electron chi connectivity index (χ0n) is 20.4. The maximum Gasteiger partial charge on any atom is 0.387 e. The monoisotopic (exact) mass is 582 g/mol. The third-order valence-corrected chi connectivity index (χ3v) is 6.58. The number of nitro groups is 1. The van der Waals surface area contributed by atoms with E-state index in [2.05, 4.69) is 9.72 Å². The number of rotatable bonds is 12. The molecule has 0 aliphatic heterocycles. The summed E-state index contributed by atoms with van der Waals surface area (Å²) in [4.78, 5) is 27.8. The highest BCUT2D eigenvalue weighted by Gasteiger charge is 2.27. The molecule has 39 heavy (non-hydrogen) atoms. The van der Waals surface area contributed by atoms with Gasteiger partial charge in [-0.1, -0.05) is 29.3 Å². The van der Waals surface area contributed by atoms with E-state index < -0.39 is 29.3 Å². The molecule has 4 rings (SSSR count). The second kappa shape index (κ2) is 12.4. The van der Waals surface area contributed by atoms with Crippen molar-refractivity contribution in [3.8, 4) is 17.2 Å². The van der Waals surface area contributed by atoms with Crippen molar-refractivity contribution in [1.29, 1.82) is 0 Å². The molecule has 0 N–H and O–H groups in total. The van der Waals surface area contributed by atoms with Crippen LogP contribution in [0.5, 0.6) is 17.2 Å². The number of carbonyl (C=O) groups is 1. The summed E-state index contributed by atoms with van der Waals surface area (Å²) in [5.74, 6) is -0.726. The van der Waals surface area contributed by atoms with Crippen molar-refractivity contribution in [3.63, 3.8) is 0 Å². The van der Waals surface area contributed by atoms with Crippen LogP contribution in [-0.4, -0.2) is 36.2 Å². The fourth-order valence-electron chi connectivity index (χ4n) is 3.73. The Morgan fingerprint density at radius 1 is 1.10 bits per heavy atom. The number of benzene rings is 2. The van der Waals surface area contributed by atoms with E-state index in [-0.39, 0.29) is 39.3 Å². The maximum atomic E-state index is 13.2. The Bertz CT molecular complexity index is 1350. The minimum absolute atomic E-state index is 0.0265. The molecule has 9 nitrogen and oxygen atoms in total. The Labute approximate surface area is 231 Å². The first-order valence-electron chi connectivity index (χ1n) is 11.7. The molecule has 206 valence electrons. The summed E-state index contributed by atoms with van der Waals surface area (Å²) >= 11 is 12.6. The van der Waals surface area contributed by atoms with E-state index in [1.807, 2.05) is 0 Å². The molecule has 0 bridgehead atoms. The van der Waals surface area contributed by atoms with E-state index in [1.165, 1.54) is 49.8 Å². The Morgan fingerprint density at radius 2 is 1.79 bits per heavy atom. The fraction of sp³-hybridized carbons (Fsp3) is 0.308. The van der Waals surface area contributed by atoms with Gasteiger partial charge in [-0.3, -0.25) is 15.1 Å². The van der Waals surface area contributed by atoms with Gasteiger partial charge in [0.25, 0.3) is 0 Å². The maximum absolute atomic E-state index is 13.2. The number of carbonyl (C=O) groups excluding carboxylic acids is 1. The molecule has 0 saturated heterocycles. The van der Waals surface area contributed by atoms with E-state index in [0.29, 0.717) is 23.7 Å². The van der Waals surface area contributed by atoms with Crippen LogP contribution in [0, 0.1) is 16.0 Å².